The van der Waals surface area contributed by atoms with Gasteiger partial charge in [0.25, 0.3) is 0 Å². The average Bonchev–Trinajstić information content (AvgIpc) is 2.64. The SMILES string of the molecule is Cc1nc(Sc2ccc(C#N)c(Br)c2)n[nH]1. The molecule has 0 saturated heterocycles. The third-order valence-corrected chi connectivity index (χ3v) is 3.36. The molecule has 0 amide bonds. The number of aromatic nitrogens is 3. The Hall–Kier alpha value is -1.32. The summed E-state index contributed by atoms with van der Waals surface area (Å²) in [5, 5.41) is 16.3. The topological polar surface area (TPSA) is 65.4 Å². The molecule has 0 aliphatic rings. The molecule has 6 heteroatoms. The summed E-state index contributed by atoms with van der Waals surface area (Å²) in [6.07, 6.45) is 0. The molecule has 0 radical (unpaired) electrons. The number of hydrogen-bond donors (Lipinski definition) is 1. The highest BCUT2D eigenvalue weighted by molar-refractivity contribution is 9.10. The molecule has 0 spiro atoms. The molecule has 2 rings (SSSR count). The Labute approximate surface area is 105 Å². The van der Waals surface area contributed by atoms with E-state index in [4.69, 9.17) is 5.26 Å². The molecule has 16 heavy (non-hydrogen) atoms. The number of benzene rings is 1. The van der Waals surface area contributed by atoms with E-state index in [0.29, 0.717) is 10.7 Å². The lowest BCUT2D eigenvalue weighted by molar-refractivity contribution is 0.969. The predicted octanol–water partition coefficient (Wildman–Crippen LogP) is 2.90. The monoisotopic (exact) mass is 294 g/mol. The normalized spacial score (nSPS) is 10.1. The van der Waals surface area contributed by atoms with Gasteiger partial charge in [0.05, 0.1) is 5.56 Å². The van der Waals surface area contributed by atoms with E-state index < -0.39 is 0 Å². The fourth-order valence-electron chi connectivity index (χ4n) is 1.12. The zero-order valence-electron chi connectivity index (χ0n) is 8.36. The van der Waals surface area contributed by atoms with E-state index in [1.165, 1.54) is 11.8 Å². The van der Waals surface area contributed by atoms with Crippen molar-refractivity contribution in [2.24, 2.45) is 0 Å². The van der Waals surface area contributed by atoms with Crippen molar-refractivity contribution in [3.63, 3.8) is 0 Å². The molecule has 1 N–H and O–H groups in total. The molecule has 2 aromatic rings. The largest absolute Gasteiger partial charge is 0.262 e. The number of aromatic amines is 1. The lowest BCUT2D eigenvalue weighted by atomic mass is 10.2. The summed E-state index contributed by atoms with van der Waals surface area (Å²) in [4.78, 5) is 5.18. The van der Waals surface area contributed by atoms with E-state index >= 15 is 0 Å². The zero-order valence-corrected chi connectivity index (χ0v) is 10.8. The summed E-state index contributed by atoms with van der Waals surface area (Å²) in [7, 11) is 0. The minimum absolute atomic E-state index is 0.621. The van der Waals surface area contributed by atoms with Crippen molar-refractivity contribution in [3.05, 3.63) is 34.1 Å². The van der Waals surface area contributed by atoms with E-state index in [1.807, 2.05) is 19.1 Å². The summed E-state index contributed by atoms with van der Waals surface area (Å²) in [5.41, 5.74) is 0.621. The quantitative estimate of drug-likeness (QED) is 0.925. The van der Waals surface area contributed by atoms with Crippen LogP contribution in [0.3, 0.4) is 0 Å². The number of nitrogens with one attached hydrogen (secondary N) is 1. The first kappa shape index (κ1) is 11.2. The molecule has 0 atom stereocenters. The summed E-state index contributed by atoms with van der Waals surface area (Å²) in [5.74, 6) is 0.787. The third-order valence-electron chi connectivity index (χ3n) is 1.85. The van der Waals surface area contributed by atoms with Gasteiger partial charge in [-0.2, -0.15) is 5.26 Å². The van der Waals surface area contributed by atoms with Gasteiger partial charge in [-0.1, -0.05) is 0 Å². The maximum Gasteiger partial charge on any atom is 0.213 e. The van der Waals surface area contributed by atoms with Gasteiger partial charge in [-0.05, 0) is 52.8 Å². The van der Waals surface area contributed by atoms with Crippen LogP contribution in [0.5, 0.6) is 0 Å². The molecule has 1 aromatic heterocycles. The van der Waals surface area contributed by atoms with Crippen molar-refractivity contribution in [1.29, 1.82) is 5.26 Å². The van der Waals surface area contributed by atoms with E-state index in [9.17, 15) is 0 Å². The van der Waals surface area contributed by atoms with Crippen LogP contribution >= 0.6 is 27.7 Å². The second-order valence-corrected chi connectivity index (χ2v) is 4.95. The number of nitrogens with zero attached hydrogens (tertiary/aromatic N) is 3. The lowest BCUT2D eigenvalue weighted by Crippen LogP contribution is -1.80. The predicted molar refractivity (Wildman–Crippen MR) is 64.1 cm³/mol. The van der Waals surface area contributed by atoms with Crippen LogP contribution in [0.2, 0.25) is 0 Å². The molecule has 0 unspecified atom stereocenters. The van der Waals surface area contributed by atoms with Gasteiger partial charge >= 0.3 is 0 Å². The van der Waals surface area contributed by atoms with Crippen LogP contribution in [-0.4, -0.2) is 15.2 Å². The minimum Gasteiger partial charge on any atom is -0.262 e. The van der Waals surface area contributed by atoms with Crippen LogP contribution in [0, 0.1) is 18.3 Å². The Balaban J connectivity index is 2.23. The van der Waals surface area contributed by atoms with Gasteiger partial charge in [-0.15, -0.1) is 5.10 Å². The van der Waals surface area contributed by atoms with Gasteiger partial charge < -0.3 is 0 Å². The van der Waals surface area contributed by atoms with Gasteiger partial charge in [0.2, 0.25) is 5.16 Å². The summed E-state index contributed by atoms with van der Waals surface area (Å²) in [6, 6.07) is 7.63. The Kier molecular flexibility index (Phi) is 3.27. The Morgan fingerprint density at radius 1 is 1.50 bits per heavy atom. The van der Waals surface area contributed by atoms with Crippen LogP contribution < -0.4 is 0 Å². The maximum atomic E-state index is 8.79. The van der Waals surface area contributed by atoms with E-state index in [2.05, 4.69) is 37.2 Å². The van der Waals surface area contributed by atoms with Crippen LogP contribution in [0.15, 0.2) is 32.7 Å². The Morgan fingerprint density at radius 2 is 2.31 bits per heavy atom. The first-order chi connectivity index (χ1) is 7.69. The van der Waals surface area contributed by atoms with Crippen molar-refractivity contribution in [1.82, 2.24) is 15.2 Å². The lowest BCUT2D eigenvalue weighted by Gasteiger charge is -1.99. The van der Waals surface area contributed by atoms with Crippen molar-refractivity contribution < 1.29 is 0 Å². The first-order valence-corrected chi connectivity index (χ1v) is 6.06. The summed E-state index contributed by atoms with van der Waals surface area (Å²) < 4.78 is 0.784. The summed E-state index contributed by atoms with van der Waals surface area (Å²) >= 11 is 4.79. The molecule has 0 fully saturated rings. The molecule has 0 aliphatic heterocycles. The number of halogens is 1. The average molecular weight is 295 g/mol. The van der Waals surface area contributed by atoms with Crippen molar-refractivity contribution >= 4 is 27.7 Å². The Morgan fingerprint density at radius 3 is 2.88 bits per heavy atom. The standard InChI is InChI=1S/C10H7BrN4S/c1-6-13-10(15-14-6)16-8-3-2-7(5-12)9(11)4-8/h2-4H,1H3,(H,13,14,15). The van der Waals surface area contributed by atoms with Gasteiger partial charge in [0.1, 0.15) is 11.9 Å². The molecular formula is C10H7BrN4S. The third kappa shape index (κ3) is 2.43. The van der Waals surface area contributed by atoms with Crippen molar-refractivity contribution in [2.75, 3.05) is 0 Å². The number of nitriles is 1. The van der Waals surface area contributed by atoms with Crippen LogP contribution in [0.1, 0.15) is 11.4 Å². The Bertz CT molecular complexity index is 558. The highest BCUT2D eigenvalue weighted by Crippen LogP contribution is 2.28. The van der Waals surface area contributed by atoms with Crippen molar-refractivity contribution in [3.8, 4) is 6.07 Å². The van der Waals surface area contributed by atoms with Crippen LogP contribution in [-0.2, 0) is 0 Å². The summed E-state index contributed by atoms with van der Waals surface area (Å²) in [6.45, 7) is 1.85. The van der Waals surface area contributed by atoms with Gasteiger partial charge in [-0.3, -0.25) is 5.10 Å². The van der Waals surface area contributed by atoms with Gasteiger partial charge in [0, 0.05) is 9.37 Å². The zero-order chi connectivity index (χ0) is 11.5. The van der Waals surface area contributed by atoms with E-state index in [1.54, 1.807) is 6.07 Å². The second kappa shape index (κ2) is 4.68. The van der Waals surface area contributed by atoms with Crippen LogP contribution in [0.25, 0.3) is 0 Å². The maximum absolute atomic E-state index is 8.79. The smallest absolute Gasteiger partial charge is 0.213 e. The number of rotatable bonds is 2. The fourth-order valence-corrected chi connectivity index (χ4v) is 2.54. The molecule has 0 saturated carbocycles. The van der Waals surface area contributed by atoms with E-state index in [0.717, 1.165) is 15.2 Å². The van der Waals surface area contributed by atoms with Gasteiger partial charge in [-0.25, -0.2) is 4.98 Å². The first-order valence-electron chi connectivity index (χ1n) is 4.45. The molecule has 0 bridgehead atoms. The van der Waals surface area contributed by atoms with Gasteiger partial charge in [0.15, 0.2) is 0 Å². The number of aryl methyl sites for hydroxylation is 1. The number of H-pyrrole nitrogens is 1. The fraction of sp³-hybridized carbons (Fsp3) is 0.100. The molecule has 1 aromatic carbocycles. The van der Waals surface area contributed by atoms with Crippen molar-refractivity contribution in [2.45, 2.75) is 17.0 Å². The number of hydrogen-bond acceptors (Lipinski definition) is 4. The second-order valence-electron chi connectivity index (χ2n) is 3.06. The van der Waals surface area contributed by atoms with E-state index in [-0.39, 0.29) is 0 Å². The highest BCUT2D eigenvalue weighted by atomic mass is 79.9. The van der Waals surface area contributed by atoms with Crippen LogP contribution in [0.4, 0.5) is 0 Å². The molecular weight excluding hydrogens is 288 g/mol. The molecule has 4 nitrogen and oxygen atoms in total. The highest BCUT2D eigenvalue weighted by Gasteiger charge is 2.05. The molecule has 1 heterocycles. The minimum atomic E-state index is 0.621. The molecule has 80 valence electrons. The molecule has 0 aliphatic carbocycles.